The first kappa shape index (κ1) is 23.8. The van der Waals surface area contributed by atoms with E-state index in [0.29, 0.717) is 22.7 Å². The Morgan fingerprint density at radius 1 is 0.882 bits per heavy atom. The summed E-state index contributed by atoms with van der Waals surface area (Å²) in [5.74, 6) is -0.942. The maximum atomic E-state index is 13.1. The van der Waals surface area contributed by atoms with Crippen LogP contribution >= 0.6 is 11.6 Å². The molecular weight excluding hydrogens is 476 g/mol. The molecule has 0 bridgehead atoms. The molecule has 1 aliphatic carbocycles. The van der Waals surface area contributed by atoms with Crippen molar-refractivity contribution < 1.29 is 22.8 Å². The van der Waals surface area contributed by atoms with E-state index >= 15 is 0 Å². The van der Waals surface area contributed by atoms with E-state index in [9.17, 15) is 22.8 Å². The monoisotopic (exact) mass is 496 g/mol. The third kappa shape index (κ3) is 4.65. The minimum Gasteiger partial charge on any atom is -0.326 e. The van der Waals surface area contributed by atoms with Crippen LogP contribution in [0.5, 0.6) is 0 Å². The number of fused-ring (bicyclic) bond motifs is 2. The zero-order valence-corrected chi connectivity index (χ0v) is 19.8. The summed E-state index contributed by atoms with van der Waals surface area (Å²) in [6, 6.07) is 17.1. The van der Waals surface area contributed by atoms with Crippen LogP contribution in [0.25, 0.3) is 0 Å². The summed E-state index contributed by atoms with van der Waals surface area (Å²) < 4.78 is 27.3. The molecule has 1 N–H and O–H groups in total. The lowest BCUT2D eigenvalue weighted by Gasteiger charge is -2.20. The Balaban J connectivity index is 1.43. The average Bonchev–Trinajstić information content (AvgIpc) is 2.83. The maximum absolute atomic E-state index is 13.1. The van der Waals surface area contributed by atoms with Crippen molar-refractivity contribution >= 4 is 44.8 Å². The second kappa shape index (κ2) is 9.50. The van der Waals surface area contributed by atoms with E-state index in [0.717, 1.165) is 4.31 Å². The van der Waals surface area contributed by atoms with Crippen LogP contribution in [0.3, 0.4) is 0 Å². The van der Waals surface area contributed by atoms with Gasteiger partial charge in [-0.25, -0.2) is 12.7 Å². The number of anilines is 1. The van der Waals surface area contributed by atoms with Gasteiger partial charge in [0.1, 0.15) is 0 Å². The zero-order valence-electron chi connectivity index (χ0n) is 18.2. The van der Waals surface area contributed by atoms with Crippen molar-refractivity contribution in [3.63, 3.8) is 0 Å². The highest BCUT2D eigenvalue weighted by molar-refractivity contribution is 7.89. The molecule has 174 valence electrons. The van der Waals surface area contributed by atoms with Gasteiger partial charge in [0.15, 0.2) is 11.6 Å². The number of sulfonamides is 1. The molecule has 3 aromatic rings. The Bertz CT molecular complexity index is 1400. The Morgan fingerprint density at radius 2 is 1.47 bits per heavy atom. The van der Waals surface area contributed by atoms with Crippen molar-refractivity contribution in [2.45, 2.75) is 17.7 Å². The van der Waals surface area contributed by atoms with Gasteiger partial charge in [0.25, 0.3) is 0 Å². The number of hydrogen-bond donors (Lipinski definition) is 1. The molecule has 0 saturated carbocycles. The Morgan fingerprint density at radius 3 is 2.12 bits per heavy atom. The molecule has 9 heteroatoms. The molecule has 0 aromatic heterocycles. The molecule has 7 nitrogen and oxygen atoms in total. The van der Waals surface area contributed by atoms with Gasteiger partial charge in [-0.2, -0.15) is 0 Å². The SMILES string of the molecule is CN(CCCC(=O)Nc1ccc(Cl)cc1)S(=O)(=O)c1ccc2c(c1)C(=O)c1ccccc1C2=O. The fraction of sp³-hybridized carbons (Fsp3) is 0.160. The minimum atomic E-state index is -3.93. The molecule has 0 aliphatic heterocycles. The Kier molecular flexibility index (Phi) is 6.65. The molecule has 0 heterocycles. The third-order valence-electron chi connectivity index (χ3n) is 5.61. The van der Waals surface area contributed by atoms with Crippen molar-refractivity contribution in [1.29, 1.82) is 0 Å². The predicted octanol–water partition coefficient (Wildman–Crippen LogP) is 4.15. The highest BCUT2D eigenvalue weighted by atomic mass is 35.5. The first-order valence-corrected chi connectivity index (χ1v) is 12.3. The van der Waals surface area contributed by atoms with E-state index in [2.05, 4.69) is 5.32 Å². The summed E-state index contributed by atoms with van der Waals surface area (Å²) in [6.07, 6.45) is 0.418. The van der Waals surface area contributed by atoms with Gasteiger partial charge in [-0.1, -0.05) is 35.9 Å². The number of hydrogen-bond acceptors (Lipinski definition) is 5. The van der Waals surface area contributed by atoms with Gasteiger partial charge < -0.3 is 5.32 Å². The predicted molar refractivity (Wildman–Crippen MR) is 129 cm³/mol. The van der Waals surface area contributed by atoms with Crippen molar-refractivity contribution in [3.8, 4) is 0 Å². The highest BCUT2D eigenvalue weighted by Gasteiger charge is 2.31. The molecule has 1 aliphatic rings. The molecular formula is C25H21ClN2O5S. The quantitative estimate of drug-likeness (QED) is 0.414. The van der Waals surface area contributed by atoms with Crippen molar-refractivity contribution in [1.82, 2.24) is 4.31 Å². The van der Waals surface area contributed by atoms with Crippen LogP contribution in [0, 0.1) is 0 Å². The van der Waals surface area contributed by atoms with Crippen molar-refractivity contribution in [2.75, 3.05) is 18.9 Å². The molecule has 3 aromatic carbocycles. The first-order chi connectivity index (χ1) is 16.2. The topological polar surface area (TPSA) is 101 Å². The summed E-state index contributed by atoms with van der Waals surface area (Å²) in [5, 5.41) is 3.29. The number of halogens is 1. The van der Waals surface area contributed by atoms with E-state index in [-0.39, 0.29) is 52.0 Å². The Labute approximate surface area is 202 Å². The number of amides is 1. The molecule has 1 amide bonds. The van der Waals surface area contributed by atoms with E-state index in [1.807, 2.05) is 0 Å². The van der Waals surface area contributed by atoms with E-state index < -0.39 is 10.0 Å². The van der Waals surface area contributed by atoms with Crippen molar-refractivity contribution in [2.24, 2.45) is 0 Å². The lowest BCUT2D eigenvalue weighted by molar-refractivity contribution is -0.116. The van der Waals surface area contributed by atoms with Crippen LogP contribution in [0.1, 0.15) is 44.7 Å². The molecule has 0 spiro atoms. The molecule has 0 radical (unpaired) electrons. The number of nitrogens with one attached hydrogen (secondary N) is 1. The third-order valence-corrected chi connectivity index (χ3v) is 7.71. The number of ketones is 2. The molecule has 0 atom stereocenters. The van der Waals surface area contributed by atoms with Gasteiger partial charge in [-0.05, 0) is 48.9 Å². The average molecular weight is 497 g/mol. The summed E-state index contributed by atoms with van der Waals surface area (Å²) in [7, 11) is -2.52. The molecule has 4 rings (SSSR count). The van der Waals surface area contributed by atoms with Crippen LogP contribution in [0.2, 0.25) is 5.02 Å². The number of rotatable bonds is 7. The normalized spacial score (nSPS) is 12.9. The van der Waals surface area contributed by atoms with E-state index in [1.54, 1.807) is 48.5 Å². The minimum absolute atomic E-state index is 0.0699. The van der Waals surface area contributed by atoms with Crippen molar-refractivity contribution in [3.05, 3.63) is 94.0 Å². The van der Waals surface area contributed by atoms with E-state index in [1.165, 1.54) is 25.2 Å². The van der Waals surface area contributed by atoms with Crippen LogP contribution in [-0.2, 0) is 14.8 Å². The summed E-state index contributed by atoms with van der Waals surface area (Å²) in [5.41, 5.74) is 1.43. The molecule has 34 heavy (non-hydrogen) atoms. The standard InChI is InChI=1S/C25H21ClN2O5S/c1-28(14-4-7-23(29)27-17-10-8-16(26)9-11-17)34(32,33)18-12-13-21-22(15-18)25(31)20-6-3-2-5-19(20)24(21)30/h2-3,5-6,8-13,15H,4,7,14H2,1H3,(H,27,29). The van der Waals surface area contributed by atoms with Gasteiger partial charge in [-0.3, -0.25) is 14.4 Å². The zero-order chi connectivity index (χ0) is 24.5. The lowest BCUT2D eigenvalue weighted by atomic mass is 9.84. The van der Waals surface area contributed by atoms with Gasteiger partial charge in [0.05, 0.1) is 4.90 Å². The van der Waals surface area contributed by atoms with Gasteiger partial charge >= 0.3 is 0 Å². The van der Waals surface area contributed by atoms with Gasteiger partial charge in [0, 0.05) is 53.0 Å². The summed E-state index contributed by atoms with van der Waals surface area (Å²) >= 11 is 5.83. The van der Waals surface area contributed by atoms with Crippen LogP contribution in [0.4, 0.5) is 5.69 Å². The Hall–Kier alpha value is -3.33. The summed E-state index contributed by atoms with van der Waals surface area (Å²) in [6.45, 7) is 0.100. The maximum Gasteiger partial charge on any atom is 0.242 e. The first-order valence-electron chi connectivity index (χ1n) is 10.5. The molecule has 0 unspecified atom stereocenters. The smallest absolute Gasteiger partial charge is 0.242 e. The number of benzene rings is 3. The highest BCUT2D eigenvalue weighted by Crippen LogP contribution is 2.29. The second-order valence-corrected chi connectivity index (χ2v) is 10.4. The second-order valence-electron chi connectivity index (χ2n) is 7.90. The van der Waals surface area contributed by atoms with Gasteiger partial charge in [-0.15, -0.1) is 0 Å². The number of carbonyl (C=O) groups is 3. The van der Waals surface area contributed by atoms with Crippen LogP contribution in [-0.4, -0.2) is 43.8 Å². The molecule has 0 fully saturated rings. The lowest BCUT2D eigenvalue weighted by Crippen LogP contribution is -2.29. The van der Waals surface area contributed by atoms with Gasteiger partial charge in [0.2, 0.25) is 15.9 Å². The molecule has 0 saturated heterocycles. The number of nitrogens with zero attached hydrogens (tertiary/aromatic N) is 1. The fourth-order valence-electron chi connectivity index (χ4n) is 3.76. The van der Waals surface area contributed by atoms with Crippen LogP contribution < -0.4 is 5.32 Å². The fourth-order valence-corrected chi connectivity index (χ4v) is 5.12. The van der Waals surface area contributed by atoms with E-state index in [4.69, 9.17) is 11.6 Å². The summed E-state index contributed by atoms with van der Waals surface area (Å²) in [4.78, 5) is 37.7. The largest absolute Gasteiger partial charge is 0.326 e. The number of carbonyl (C=O) groups excluding carboxylic acids is 3. The van der Waals surface area contributed by atoms with Crippen LogP contribution in [0.15, 0.2) is 71.6 Å².